The Morgan fingerprint density at radius 3 is 2.60 bits per heavy atom. The van der Waals surface area contributed by atoms with Gasteiger partial charge in [0.15, 0.2) is 11.6 Å². The second-order valence-corrected chi connectivity index (χ2v) is 2.12. The summed E-state index contributed by atoms with van der Waals surface area (Å²) in [6.45, 7) is 0. The zero-order chi connectivity index (χ0) is 9.35. The van der Waals surface area contributed by atoms with Crippen molar-refractivity contribution < 1.29 is 11.5 Å². The Bertz CT molecular complexity index is 296. The fourth-order valence-electron chi connectivity index (χ4n) is 0.555. The van der Waals surface area contributed by atoms with Gasteiger partial charge in [-0.1, -0.05) is 22.0 Å². The fraction of sp³-hybridized carbons (Fsp3) is 0.143. The maximum atomic E-state index is 12.5. The molecule has 10 heavy (non-hydrogen) atoms. The molecule has 0 saturated heterocycles. The van der Waals surface area contributed by atoms with Crippen LogP contribution in [0.25, 0.3) is 0 Å². The van der Waals surface area contributed by atoms with E-state index in [1.165, 1.54) is 6.07 Å². The van der Waals surface area contributed by atoms with Gasteiger partial charge in [0.1, 0.15) is 0 Å². The van der Waals surface area contributed by atoms with E-state index in [9.17, 15) is 8.78 Å². The quantitative estimate of drug-likeness (QED) is 0.623. The first-order valence-corrected chi connectivity index (χ1v) is 3.35. The van der Waals surface area contributed by atoms with E-state index in [1.54, 1.807) is 0 Å². The van der Waals surface area contributed by atoms with E-state index in [1.807, 2.05) is 0 Å². The fourth-order valence-corrected chi connectivity index (χ4v) is 0.802. The number of hydrogen-bond acceptors (Lipinski definition) is 0. The summed E-state index contributed by atoms with van der Waals surface area (Å²) in [6.07, 6.45) is 0. The first kappa shape index (κ1) is 5.24. The van der Waals surface area contributed by atoms with Crippen LogP contribution < -0.4 is 0 Å². The lowest BCUT2D eigenvalue weighted by Crippen LogP contribution is -1.85. The highest BCUT2D eigenvalue weighted by Gasteiger charge is 1.99. The molecule has 0 fully saturated rings. The molecule has 0 spiro atoms. The van der Waals surface area contributed by atoms with Gasteiger partial charge in [-0.15, -0.1) is 0 Å². The van der Waals surface area contributed by atoms with Crippen molar-refractivity contribution in [2.24, 2.45) is 0 Å². The van der Waals surface area contributed by atoms with Crippen LogP contribution in [0.2, 0.25) is 0 Å². The van der Waals surface area contributed by atoms with Crippen LogP contribution in [0, 0.1) is 11.6 Å². The molecule has 0 aliphatic rings. The van der Waals surface area contributed by atoms with Crippen LogP contribution in [-0.4, -0.2) is 0 Å². The Balaban J connectivity index is 3.14. The molecular formula is C7H5BrF2. The van der Waals surface area contributed by atoms with Gasteiger partial charge in [-0.2, -0.15) is 0 Å². The third kappa shape index (κ3) is 1.53. The van der Waals surface area contributed by atoms with Crippen molar-refractivity contribution in [3.8, 4) is 0 Å². The molecule has 0 amide bonds. The third-order valence-corrected chi connectivity index (χ3v) is 1.49. The molecule has 0 unspecified atom stereocenters. The summed E-state index contributed by atoms with van der Waals surface area (Å²) in [6, 6.07) is 2.90. The first-order chi connectivity index (χ1) is 5.41. The SMILES string of the molecule is [2H]C([2H])(Br)c1ccc(F)c(F)c1. The highest BCUT2D eigenvalue weighted by molar-refractivity contribution is 9.08. The van der Waals surface area contributed by atoms with Gasteiger partial charge < -0.3 is 0 Å². The zero-order valence-corrected chi connectivity index (χ0v) is 6.45. The van der Waals surface area contributed by atoms with Gasteiger partial charge in [-0.3, -0.25) is 0 Å². The number of halogens is 3. The van der Waals surface area contributed by atoms with Crippen LogP contribution in [0.5, 0.6) is 0 Å². The molecule has 0 aliphatic carbocycles. The maximum absolute atomic E-state index is 12.5. The molecular weight excluding hydrogens is 202 g/mol. The molecule has 0 radical (unpaired) electrons. The number of alkyl halides is 1. The minimum Gasteiger partial charge on any atom is -0.204 e. The van der Waals surface area contributed by atoms with Crippen LogP contribution in [0.15, 0.2) is 18.2 Å². The summed E-state index contributed by atoms with van der Waals surface area (Å²) < 4.78 is 39.2. The highest BCUT2D eigenvalue weighted by Crippen LogP contribution is 2.10. The van der Waals surface area contributed by atoms with Crippen LogP contribution in [0.1, 0.15) is 8.30 Å². The Hall–Kier alpha value is -0.440. The molecule has 0 atom stereocenters. The molecule has 1 aromatic carbocycles. The molecule has 0 aliphatic heterocycles. The lowest BCUT2D eigenvalue weighted by Gasteiger charge is -1.94. The predicted octanol–water partition coefficient (Wildman–Crippen LogP) is 2.86. The van der Waals surface area contributed by atoms with Crippen molar-refractivity contribution in [2.75, 3.05) is 0 Å². The van der Waals surface area contributed by atoms with Gasteiger partial charge in [0.25, 0.3) is 0 Å². The normalized spacial score (nSPS) is 14.3. The molecule has 0 heterocycles. The highest BCUT2D eigenvalue weighted by atomic mass is 79.9. The van der Waals surface area contributed by atoms with Crippen LogP contribution >= 0.6 is 15.9 Å². The molecule has 54 valence electrons. The van der Waals surface area contributed by atoms with E-state index in [-0.39, 0.29) is 5.56 Å². The standard InChI is InChI=1S/C7H5BrF2/c8-4-5-1-2-6(9)7(10)3-5/h1-3H,4H2/i4D2. The topological polar surface area (TPSA) is 0 Å². The maximum Gasteiger partial charge on any atom is 0.159 e. The van der Waals surface area contributed by atoms with Crippen LogP contribution in [0.4, 0.5) is 8.78 Å². The van der Waals surface area contributed by atoms with Gasteiger partial charge in [0, 0.05) is 8.02 Å². The predicted molar refractivity (Wildman–Crippen MR) is 39.0 cm³/mol. The number of hydrogen-bond donors (Lipinski definition) is 0. The Kier molecular flexibility index (Phi) is 1.63. The van der Waals surface area contributed by atoms with Gasteiger partial charge in [-0.05, 0) is 17.7 Å². The smallest absolute Gasteiger partial charge is 0.159 e. The van der Waals surface area contributed by atoms with Crippen molar-refractivity contribution in [2.45, 2.75) is 5.28 Å². The van der Waals surface area contributed by atoms with Gasteiger partial charge >= 0.3 is 0 Å². The summed E-state index contributed by atoms with van der Waals surface area (Å²) in [5.74, 6) is -2.02. The van der Waals surface area contributed by atoms with E-state index in [0.29, 0.717) is 0 Å². The van der Waals surface area contributed by atoms with Crippen LogP contribution in [-0.2, 0) is 5.28 Å². The third-order valence-electron chi connectivity index (χ3n) is 1.03. The summed E-state index contributed by atoms with van der Waals surface area (Å²) in [4.78, 5) is 0. The second-order valence-electron chi connectivity index (χ2n) is 1.72. The molecule has 0 saturated carbocycles. The first-order valence-electron chi connectivity index (χ1n) is 3.55. The molecule has 0 N–H and O–H groups in total. The Labute approximate surface area is 68.8 Å². The van der Waals surface area contributed by atoms with Crippen molar-refractivity contribution in [1.29, 1.82) is 0 Å². The van der Waals surface area contributed by atoms with E-state index >= 15 is 0 Å². The lowest BCUT2D eigenvalue weighted by atomic mass is 10.2. The largest absolute Gasteiger partial charge is 0.204 e. The molecule has 0 bridgehead atoms. The zero-order valence-electron chi connectivity index (χ0n) is 6.87. The van der Waals surface area contributed by atoms with Gasteiger partial charge in [0.05, 0.1) is 0 Å². The van der Waals surface area contributed by atoms with E-state index in [4.69, 9.17) is 2.74 Å². The minimum absolute atomic E-state index is 0.0569. The molecule has 1 rings (SSSR count). The van der Waals surface area contributed by atoms with E-state index in [0.717, 1.165) is 12.1 Å². The summed E-state index contributed by atoms with van der Waals surface area (Å²) in [5, 5.41) is -1.82. The Morgan fingerprint density at radius 2 is 2.10 bits per heavy atom. The number of rotatable bonds is 1. The average Bonchev–Trinajstić information content (AvgIpc) is 1.92. The van der Waals surface area contributed by atoms with E-state index < -0.39 is 16.9 Å². The number of benzene rings is 1. The van der Waals surface area contributed by atoms with Crippen molar-refractivity contribution in [3.63, 3.8) is 0 Å². The summed E-state index contributed by atoms with van der Waals surface area (Å²) in [7, 11) is 0. The van der Waals surface area contributed by atoms with Gasteiger partial charge in [0.2, 0.25) is 0 Å². The molecule has 0 nitrogen and oxygen atoms in total. The summed E-state index contributed by atoms with van der Waals surface area (Å²) >= 11 is 2.69. The van der Waals surface area contributed by atoms with Crippen molar-refractivity contribution >= 4 is 15.9 Å². The monoisotopic (exact) mass is 208 g/mol. The average molecular weight is 209 g/mol. The van der Waals surface area contributed by atoms with Gasteiger partial charge in [-0.25, -0.2) is 8.78 Å². The molecule has 3 heteroatoms. The van der Waals surface area contributed by atoms with Crippen LogP contribution in [0.3, 0.4) is 0 Å². The second kappa shape index (κ2) is 3.10. The molecule has 0 aromatic heterocycles. The Morgan fingerprint density at radius 1 is 1.40 bits per heavy atom. The van der Waals surface area contributed by atoms with E-state index in [2.05, 4.69) is 15.9 Å². The van der Waals surface area contributed by atoms with Crippen molar-refractivity contribution in [3.05, 3.63) is 35.4 Å². The minimum atomic E-state index is -1.82. The van der Waals surface area contributed by atoms with Crippen molar-refractivity contribution in [1.82, 2.24) is 0 Å². The lowest BCUT2D eigenvalue weighted by molar-refractivity contribution is 0.507. The molecule has 1 aromatic rings. The summed E-state index contributed by atoms with van der Waals surface area (Å²) in [5.41, 5.74) is 0.0569.